The molecular formula is C16H26O. The highest BCUT2D eigenvalue weighted by Gasteiger charge is 2.32. The molecule has 1 heteroatoms. The molecule has 0 bridgehead atoms. The van der Waals surface area contributed by atoms with Crippen LogP contribution in [0, 0.1) is 11.3 Å². The summed E-state index contributed by atoms with van der Waals surface area (Å²) < 4.78 is 0. The zero-order valence-corrected chi connectivity index (χ0v) is 11.9. The molecule has 1 aliphatic rings. The van der Waals surface area contributed by atoms with Gasteiger partial charge in [0.25, 0.3) is 0 Å². The molecule has 96 valence electrons. The molecule has 0 aromatic rings. The molecule has 0 spiro atoms. The molecule has 0 fully saturated rings. The van der Waals surface area contributed by atoms with Gasteiger partial charge < -0.3 is 5.11 Å². The van der Waals surface area contributed by atoms with E-state index in [2.05, 4.69) is 53.3 Å². The summed E-state index contributed by atoms with van der Waals surface area (Å²) in [6.07, 6.45) is 5.95. The number of allylic oxidation sites excluding steroid dienone is 2. The van der Waals surface area contributed by atoms with Crippen molar-refractivity contribution in [3.05, 3.63) is 35.5 Å². The molecule has 0 saturated carbocycles. The molecule has 0 heterocycles. The summed E-state index contributed by atoms with van der Waals surface area (Å²) in [5.41, 5.74) is 3.52. The summed E-state index contributed by atoms with van der Waals surface area (Å²) in [5, 5.41) is 10.5. The maximum absolute atomic E-state index is 10.5. The molecule has 0 aliphatic heterocycles. The van der Waals surface area contributed by atoms with E-state index in [4.69, 9.17) is 0 Å². The van der Waals surface area contributed by atoms with Gasteiger partial charge in [-0.05, 0) is 24.3 Å². The lowest BCUT2D eigenvalue weighted by molar-refractivity contribution is 0.152. The monoisotopic (exact) mass is 234 g/mol. The second kappa shape index (κ2) is 5.22. The SMILES string of the molecule is C=C(CCC)C1C=C(C)C=C(C(C)(C)C)C1O. The summed E-state index contributed by atoms with van der Waals surface area (Å²) in [4.78, 5) is 0. The Bertz CT molecular complexity index is 352. The number of rotatable bonds is 3. The van der Waals surface area contributed by atoms with Crippen molar-refractivity contribution < 1.29 is 5.11 Å². The molecule has 0 radical (unpaired) electrons. The van der Waals surface area contributed by atoms with Crippen LogP contribution < -0.4 is 0 Å². The van der Waals surface area contributed by atoms with E-state index in [9.17, 15) is 5.11 Å². The molecule has 0 saturated heterocycles. The zero-order chi connectivity index (χ0) is 13.2. The zero-order valence-electron chi connectivity index (χ0n) is 11.9. The second-order valence-corrected chi connectivity index (χ2v) is 6.14. The highest BCUT2D eigenvalue weighted by Crippen LogP contribution is 2.38. The minimum atomic E-state index is -0.405. The smallest absolute Gasteiger partial charge is 0.0858 e. The van der Waals surface area contributed by atoms with Gasteiger partial charge in [-0.15, -0.1) is 0 Å². The number of aliphatic hydroxyl groups is 1. The summed E-state index contributed by atoms with van der Waals surface area (Å²) in [6, 6.07) is 0. The average molecular weight is 234 g/mol. The van der Waals surface area contributed by atoms with Crippen LogP contribution in [0.2, 0.25) is 0 Å². The Labute approximate surface area is 106 Å². The first-order chi connectivity index (χ1) is 7.77. The van der Waals surface area contributed by atoms with Crippen LogP contribution >= 0.6 is 0 Å². The Morgan fingerprint density at radius 3 is 2.47 bits per heavy atom. The van der Waals surface area contributed by atoms with Gasteiger partial charge in [0.05, 0.1) is 6.10 Å². The standard InChI is InChI=1S/C16H26O/c1-7-8-12(3)13-9-11(2)10-14(15(13)17)16(4,5)6/h9-10,13,15,17H,3,7-8H2,1-2,4-6H3. The van der Waals surface area contributed by atoms with Gasteiger partial charge in [-0.2, -0.15) is 0 Å². The summed E-state index contributed by atoms with van der Waals surface area (Å²) >= 11 is 0. The van der Waals surface area contributed by atoms with Crippen LogP contribution in [0.5, 0.6) is 0 Å². The molecule has 0 aromatic heterocycles. The van der Waals surface area contributed by atoms with E-state index in [1.54, 1.807) is 0 Å². The average Bonchev–Trinajstić information content (AvgIpc) is 2.19. The van der Waals surface area contributed by atoms with E-state index in [0.717, 1.165) is 24.0 Å². The van der Waals surface area contributed by atoms with Crippen molar-refractivity contribution in [2.45, 2.75) is 53.6 Å². The Morgan fingerprint density at radius 2 is 2.00 bits per heavy atom. The van der Waals surface area contributed by atoms with Gasteiger partial charge in [0.15, 0.2) is 0 Å². The normalized spacial score (nSPS) is 25.3. The summed E-state index contributed by atoms with van der Waals surface area (Å²) in [6.45, 7) is 14.8. The first-order valence-corrected chi connectivity index (χ1v) is 6.53. The van der Waals surface area contributed by atoms with Crippen molar-refractivity contribution in [2.24, 2.45) is 11.3 Å². The third-order valence-electron chi connectivity index (χ3n) is 3.39. The Kier molecular flexibility index (Phi) is 4.37. The van der Waals surface area contributed by atoms with Gasteiger partial charge >= 0.3 is 0 Å². The van der Waals surface area contributed by atoms with Gasteiger partial charge in [-0.25, -0.2) is 0 Å². The predicted octanol–water partition coefficient (Wildman–Crippen LogP) is 4.25. The Hall–Kier alpha value is -0.820. The highest BCUT2D eigenvalue weighted by atomic mass is 16.3. The van der Waals surface area contributed by atoms with Crippen molar-refractivity contribution >= 4 is 0 Å². The minimum Gasteiger partial charge on any atom is -0.388 e. The first kappa shape index (κ1) is 14.2. The van der Waals surface area contributed by atoms with E-state index in [-0.39, 0.29) is 11.3 Å². The Morgan fingerprint density at radius 1 is 1.41 bits per heavy atom. The molecule has 0 aromatic carbocycles. The van der Waals surface area contributed by atoms with Crippen molar-refractivity contribution in [3.8, 4) is 0 Å². The van der Waals surface area contributed by atoms with Gasteiger partial charge in [0.2, 0.25) is 0 Å². The lowest BCUT2D eigenvalue weighted by Gasteiger charge is -2.35. The van der Waals surface area contributed by atoms with Crippen LogP contribution in [0.1, 0.15) is 47.5 Å². The fraction of sp³-hybridized carbons (Fsp3) is 0.625. The molecule has 1 N–H and O–H groups in total. The van der Waals surface area contributed by atoms with Crippen LogP contribution in [0.3, 0.4) is 0 Å². The van der Waals surface area contributed by atoms with E-state index in [0.29, 0.717) is 0 Å². The molecular weight excluding hydrogens is 208 g/mol. The molecule has 0 amide bonds. The topological polar surface area (TPSA) is 20.2 Å². The minimum absolute atomic E-state index is 0.0136. The molecule has 2 atom stereocenters. The van der Waals surface area contributed by atoms with Crippen LogP contribution in [0.4, 0.5) is 0 Å². The van der Waals surface area contributed by atoms with Crippen LogP contribution in [0.15, 0.2) is 35.5 Å². The molecule has 1 rings (SSSR count). The highest BCUT2D eigenvalue weighted by molar-refractivity contribution is 5.37. The van der Waals surface area contributed by atoms with Crippen LogP contribution in [0.25, 0.3) is 0 Å². The predicted molar refractivity (Wildman–Crippen MR) is 74.8 cm³/mol. The van der Waals surface area contributed by atoms with E-state index >= 15 is 0 Å². The van der Waals surface area contributed by atoms with Crippen molar-refractivity contribution in [1.29, 1.82) is 0 Å². The van der Waals surface area contributed by atoms with Gasteiger partial charge in [-0.3, -0.25) is 0 Å². The molecule has 17 heavy (non-hydrogen) atoms. The van der Waals surface area contributed by atoms with Crippen molar-refractivity contribution in [2.75, 3.05) is 0 Å². The number of aliphatic hydroxyl groups excluding tert-OH is 1. The third-order valence-corrected chi connectivity index (χ3v) is 3.39. The maximum atomic E-state index is 10.5. The van der Waals surface area contributed by atoms with Crippen molar-refractivity contribution in [3.63, 3.8) is 0 Å². The lowest BCUT2D eigenvalue weighted by atomic mass is 9.73. The van der Waals surface area contributed by atoms with Gasteiger partial charge in [0, 0.05) is 5.92 Å². The maximum Gasteiger partial charge on any atom is 0.0858 e. The van der Waals surface area contributed by atoms with Crippen LogP contribution in [-0.4, -0.2) is 11.2 Å². The quantitative estimate of drug-likeness (QED) is 0.724. The van der Waals surface area contributed by atoms with E-state index < -0.39 is 6.10 Å². The second-order valence-electron chi connectivity index (χ2n) is 6.14. The lowest BCUT2D eigenvalue weighted by Crippen LogP contribution is -2.31. The molecule has 1 nitrogen and oxygen atoms in total. The number of hydrogen-bond acceptors (Lipinski definition) is 1. The third kappa shape index (κ3) is 3.32. The van der Waals surface area contributed by atoms with Gasteiger partial charge in [-0.1, -0.05) is 64.0 Å². The van der Waals surface area contributed by atoms with Gasteiger partial charge in [0.1, 0.15) is 0 Å². The summed E-state index contributed by atoms with van der Waals surface area (Å²) in [5.74, 6) is 0.0918. The van der Waals surface area contributed by atoms with Crippen molar-refractivity contribution in [1.82, 2.24) is 0 Å². The van der Waals surface area contributed by atoms with E-state index in [1.807, 2.05) is 0 Å². The molecule has 2 unspecified atom stereocenters. The molecule has 1 aliphatic carbocycles. The largest absolute Gasteiger partial charge is 0.388 e. The Balaban J connectivity index is 3.01. The van der Waals surface area contributed by atoms with E-state index in [1.165, 1.54) is 5.57 Å². The number of hydrogen-bond donors (Lipinski definition) is 1. The fourth-order valence-electron chi connectivity index (χ4n) is 2.44. The first-order valence-electron chi connectivity index (χ1n) is 6.53. The van der Waals surface area contributed by atoms with Crippen LogP contribution in [-0.2, 0) is 0 Å². The summed E-state index contributed by atoms with van der Waals surface area (Å²) in [7, 11) is 0. The fourth-order valence-corrected chi connectivity index (χ4v) is 2.44.